The van der Waals surface area contributed by atoms with Crippen LogP contribution >= 0.6 is 38.9 Å². The average Bonchev–Trinajstić information content (AvgIpc) is 2.51. The molecule has 1 heterocycles. The number of ether oxygens (including phenoxy) is 1. The number of rotatable bonds is 5. The molecule has 0 fully saturated rings. The monoisotopic (exact) mass is 350 g/mol. The van der Waals surface area contributed by atoms with E-state index in [1.165, 1.54) is 11.3 Å². The van der Waals surface area contributed by atoms with Crippen molar-refractivity contribution in [2.75, 3.05) is 13.2 Å². The van der Waals surface area contributed by atoms with Gasteiger partial charge in [-0.3, -0.25) is 0 Å². The van der Waals surface area contributed by atoms with E-state index < -0.39 is 12.8 Å². The molecule has 1 nitrogen and oxygen atoms in total. The molecule has 17 heavy (non-hydrogen) atoms. The molecule has 1 rings (SSSR count). The van der Waals surface area contributed by atoms with E-state index >= 15 is 0 Å². The van der Waals surface area contributed by atoms with Gasteiger partial charge in [-0.05, 0) is 35.3 Å². The molecule has 0 bridgehead atoms. The standard InChI is InChI=1S/C10H11BrClF3OS/c1-6-4-7(11)9(17-6)8(12)2-3-16-5-10(13,14)15/h4,8H,2-3,5H2,1H3. The van der Waals surface area contributed by atoms with Crippen molar-refractivity contribution in [2.24, 2.45) is 0 Å². The maximum Gasteiger partial charge on any atom is 0.411 e. The van der Waals surface area contributed by atoms with E-state index in [0.29, 0.717) is 6.42 Å². The van der Waals surface area contributed by atoms with Gasteiger partial charge in [0.2, 0.25) is 0 Å². The van der Waals surface area contributed by atoms with Crippen molar-refractivity contribution in [1.82, 2.24) is 0 Å². The smallest absolute Gasteiger partial charge is 0.372 e. The van der Waals surface area contributed by atoms with Crippen LogP contribution in [-0.2, 0) is 4.74 Å². The summed E-state index contributed by atoms with van der Waals surface area (Å²) < 4.78 is 40.8. The van der Waals surface area contributed by atoms with Gasteiger partial charge < -0.3 is 4.74 Å². The second-order valence-electron chi connectivity index (χ2n) is 3.49. The number of aryl methyl sites for hydroxylation is 1. The Bertz CT molecular complexity index is 367. The fraction of sp³-hybridized carbons (Fsp3) is 0.600. The van der Waals surface area contributed by atoms with Crippen LogP contribution < -0.4 is 0 Å². The Morgan fingerprint density at radius 2 is 2.18 bits per heavy atom. The Labute approximate surface area is 115 Å². The highest BCUT2D eigenvalue weighted by Gasteiger charge is 2.27. The second kappa shape index (κ2) is 6.41. The van der Waals surface area contributed by atoms with E-state index in [-0.39, 0.29) is 12.0 Å². The van der Waals surface area contributed by atoms with Crippen LogP contribution in [-0.4, -0.2) is 19.4 Å². The summed E-state index contributed by atoms with van der Waals surface area (Å²) in [4.78, 5) is 2.04. The van der Waals surface area contributed by atoms with Crippen molar-refractivity contribution in [3.8, 4) is 0 Å². The van der Waals surface area contributed by atoms with Gasteiger partial charge in [-0.1, -0.05) is 0 Å². The Balaban J connectivity index is 2.35. The molecule has 0 saturated carbocycles. The molecule has 0 N–H and O–H groups in total. The molecule has 0 aliphatic heterocycles. The summed E-state index contributed by atoms with van der Waals surface area (Å²) in [5, 5.41) is -0.323. The van der Waals surface area contributed by atoms with Crippen molar-refractivity contribution in [2.45, 2.75) is 24.9 Å². The van der Waals surface area contributed by atoms with E-state index in [4.69, 9.17) is 11.6 Å². The molecule has 0 amide bonds. The largest absolute Gasteiger partial charge is 0.411 e. The zero-order valence-corrected chi connectivity index (χ0v) is 12.1. The summed E-state index contributed by atoms with van der Waals surface area (Å²) >= 11 is 11.0. The topological polar surface area (TPSA) is 9.23 Å². The van der Waals surface area contributed by atoms with Crippen LogP contribution in [0.15, 0.2) is 10.5 Å². The summed E-state index contributed by atoms with van der Waals surface area (Å²) in [5.74, 6) is 0. The molecule has 1 unspecified atom stereocenters. The van der Waals surface area contributed by atoms with Crippen LogP contribution in [0.5, 0.6) is 0 Å². The number of halogens is 5. The number of hydrogen-bond donors (Lipinski definition) is 0. The van der Waals surface area contributed by atoms with Gasteiger partial charge >= 0.3 is 6.18 Å². The van der Waals surface area contributed by atoms with Crippen molar-refractivity contribution >= 4 is 38.9 Å². The van der Waals surface area contributed by atoms with Crippen LogP contribution in [0.1, 0.15) is 21.6 Å². The highest BCUT2D eigenvalue weighted by Crippen LogP contribution is 2.37. The highest BCUT2D eigenvalue weighted by atomic mass is 79.9. The molecular weight excluding hydrogens is 341 g/mol. The third kappa shape index (κ3) is 5.59. The lowest BCUT2D eigenvalue weighted by molar-refractivity contribution is -0.174. The first-order valence-electron chi connectivity index (χ1n) is 4.84. The third-order valence-electron chi connectivity index (χ3n) is 1.90. The van der Waals surface area contributed by atoms with E-state index in [1.807, 2.05) is 13.0 Å². The first-order valence-corrected chi connectivity index (χ1v) is 6.88. The van der Waals surface area contributed by atoms with E-state index in [2.05, 4.69) is 20.7 Å². The molecule has 1 atom stereocenters. The van der Waals surface area contributed by atoms with Crippen LogP contribution in [0.4, 0.5) is 13.2 Å². The van der Waals surface area contributed by atoms with Crippen molar-refractivity contribution in [3.05, 3.63) is 20.3 Å². The van der Waals surface area contributed by atoms with Crippen LogP contribution in [0.2, 0.25) is 0 Å². The van der Waals surface area contributed by atoms with Gasteiger partial charge in [0.15, 0.2) is 0 Å². The van der Waals surface area contributed by atoms with Crippen LogP contribution in [0.3, 0.4) is 0 Å². The van der Waals surface area contributed by atoms with Gasteiger partial charge in [0.1, 0.15) is 6.61 Å². The van der Waals surface area contributed by atoms with Gasteiger partial charge in [0, 0.05) is 20.8 Å². The maximum absolute atomic E-state index is 11.8. The Morgan fingerprint density at radius 1 is 1.53 bits per heavy atom. The summed E-state index contributed by atoms with van der Waals surface area (Å²) in [6.07, 6.45) is -3.92. The predicted octanol–water partition coefficient (Wildman–Crippen LogP) is 5.07. The SMILES string of the molecule is Cc1cc(Br)c(C(Cl)CCOCC(F)(F)F)s1. The minimum atomic E-state index is -4.28. The minimum absolute atomic E-state index is 0.00291. The van der Waals surface area contributed by atoms with Gasteiger partial charge in [0.25, 0.3) is 0 Å². The zero-order valence-electron chi connectivity index (χ0n) is 8.98. The third-order valence-corrected chi connectivity index (χ3v) is 4.55. The highest BCUT2D eigenvalue weighted by molar-refractivity contribution is 9.10. The predicted molar refractivity (Wildman–Crippen MR) is 66.8 cm³/mol. The Kier molecular flexibility index (Phi) is 5.76. The number of thiophene rings is 1. The zero-order chi connectivity index (χ0) is 13.1. The molecule has 0 aliphatic carbocycles. The molecule has 0 aromatic carbocycles. The molecule has 1 aromatic rings. The first-order chi connectivity index (χ1) is 7.79. The Hall–Kier alpha value is 0.220. The lowest BCUT2D eigenvalue weighted by atomic mass is 10.2. The second-order valence-corrected chi connectivity index (χ2v) is 6.16. The van der Waals surface area contributed by atoms with E-state index in [1.54, 1.807) is 0 Å². The fourth-order valence-electron chi connectivity index (χ4n) is 1.22. The fourth-order valence-corrected chi connectivity index (χ4v) is 3.63. The number of hydrogen-bond acceptors (Lipinski definition) is 2. The molecule has 7 heteroatoms. The number of alkyl halides is 4. The lowest BCUT2D eigenvalue weighted by Crippen LogP contribution is -2.17. The van der Waals surface area contributed by atoms with Gasteiger partial charge in [-0.25, -0.2) is 0 Å². The average molecular weight is 352 g/mol. The minimum Gasteiger partial charge on any atom is -0.372 e. The van der Waals surface area contributed by atoms with Gasteiger partial charge in [-0.2, -0.15) is 13.2 Å². The van der Waals surface area contributed by atoms with Crippen molar-refractivity contribution < 1.29 is 17.9 Å². The molecule has 0 spiro atoms. The van der Waals surface area contributed by atoms with Crippen molar-refractivity contribution in [1.29, 1.82) is 0 Å². The van der Waals surface area contributed by atoms with Crippen molar-refractivity contribution in [3.63, 3.8) is 0 Å². The maximum atomic E-state index is 11.8. The van der Waals surface area contributed by atoms with Crippen LogP contribution in [0, 0.1) is 6.92 Å². The van der Waals surface area contributed by atoms with E-state index in [9.17, 15) is 13.2 Å². The summed E-state index contributed by atoms with van der Waals surface area (Å²) in [6.45, 7) is 0.723. The Morgan fingerprint density at radius 3 is 2.65 bits per heavy atom. The molecule has 0 radical (unpaired) electrons. The summed E-state index contributed by atoms with van der Waals surface area (Å²) in [6, 6.07) is 1.94. The van der Waals surface area contributed by atoms with E-state index in [0.717, 1.165) is 14.2 Å². The normalized spacial score (nSPS) is 14.0. The molecule has 1 aromatic heterocycles. The van der Waals surface area contributed by atoms with Crippen LogP contribution in [0.25, 0.3) is 0 Å². The first kappa shape index (κ1) is 15.3. The van der Waals surface area contributed by atoms with Gasteiger partial charge in [-0.15, -0.1) is 22.9 Å². The quantitative estimate of drug-likeness (QED) is 0.532. The molecule has 98 valence electrons. The molecule has 0 saturated heterocycles. The summed E-state index contributed by atoms with van der Waals surface area (Å²) in [5.41, 5.74) is 0. The molecular formula is C10H11BrClF3OS. The summed E-state index contributed by atoms with van der Waals surface area (Å²) in [7, 11) is 0. The molecule has 0 aliphatic rings. The lowest BCUT2D eigenvalue weighted by Gasteiger charge is -2.10. The van der Waals surface area contributed by atoms with Gasteiger partial charge in [0.05, 0.1) is 5.38 Å².